The third-order valence-electron chi connectivity index (χ3n) is 2.32. The van der Waals surface area contributed by atoms with E-state index in [1.165, 1.54) is 19.4 Å². The van der Waals surface area contributed by atoms with Gasteiger partial charge >= 0.3 is 0 Å². The van der Waals surface area contributed by atoms with Crippen LogP contribution in [0.4, 0.5) is 0 Å². The Morgan fingerprint density at radius 1 is 0.933 bits per heavy atom. The van der Waals surface area contributed by atoms with Gasteiger partial charge in [0.05, 0.1) is 0 Å². The van der Waals surface area contributed by atoms with Crippen LogP contribution >= 0.6 is 0 Å². The number of unbranched alkanes of at least 4 members (excludes halogenated alkanes) is 2. The molecule has 0 spiro atoms. The molecule has 0 aromatic rings. The van der Waals surface area contributed by atoms with E-state index in [-0.39, 0.29) is 17.9 Å². The van der Waals surface area contributed by atoms with Crippen molar-refractivity contribution in [1.29, 1.82) is 0 Å². The Kier molecular flexibility index (Phi) is 9.17. The van der Waals surface area contributed by atoms with Gasteiger partial charge in [-0.1, -0.05) is 39.5 Å². The Bertz CT molecular complexity index is 195. The average molecular weight is 240 g/mol. The highest BCUT2D eigenvalue weighted by Gasteiger charge is 2.14. The zero-order valence-corrected chi connectivity index (χ0v) is 13.0. The molecule has 0 heterocycles. The van der Waals surface area contributed by atoms with E-state index in [1.54, 1.807) is 0 Å². The Balaban J connectivity index is 3.74. The second kappa shape index (κ2) is 9.20. The molecule has 0 aromatic carbocycles. The summed E-state index contributed by atoms with van der Waals surface area (Å²) >= 11 is 0. The molecule has 0 aliphatic rings. The highest BCUT2D eigenvalue weighted by atomic mass is 28.3. The maximum absolute atomic E-state index is 3.30. The Labute approximate surface area is 99.6 Å². The molecule has 0 unspecified atom stereocenters. The zero-order valence-electron chi connectivity index (χ0n) is 11.0. The van der Waals surface area contributed by atoms with Crippen molar-refractivity contribution in [1.82, 2.24) is 4.23 Å². The Morgan fingerprint density at radius 2 is 1.47 bits per heavy atom. The standard InChI is InChI=1S/C12H25NSi2/c1-6-7-8-9-10-11-12-13(14(2)3)15(4)5/h6-8,11-12H2,1-5H3. The van der Waals surface area contributed by atoms with E-state index in [9.17, 15) is 0 Å². The molecule has 0 bridgehead atoms. The van der Waals surface area contributed by atoms with Crippen LogP contribution in [0, 0.1) is 11.8 Å². The quantitative estimate of drug-likeness (QED) is 0.390. The molecule has 3 heteroatoms. The number of nitrogens with zero attached hydrogens (tertiary/aromatic N) is 1. The summed E-state index contributed by atoms with van der Waals surface area (Å²) in [6.07, 6.45) is 4.66. The van der Waals surface area contributed by atoms with Crippen molar-refractivity contribution < 1.29 is 0 Å². The van der Waals surface area contributed by atoms with Crippen LogP contribution in [0.25, 0.3) is 0 Å². The molecular formula is C12H25NSi2. The summed E-state index contributed by atoms with van der Waals surface area (Å²) in [6.45, 7) is 12.9. The monoisotopic (exact) mass is 239 g/mol. The molecule has 0 N–H and O–H groups in total. The molecule has 0 saturated carbocycles. The molecule has 0 aliphatic carbocycles. The fraction of sp³-hybridized carbons (Fsp3) is 0.833. The van der Waals surface area contributed by atoms with Gasteiger partial charge in [-0.05, 0) is 13.0 Å². The van der Waals surface area contributed by atoms with Crippen molar-refractivity contribution in [2.45, 2.75) is 58.8 Å². The van der Waals surface area contributed by atoms with E-state index in [0.29, 0.717) is 0 Å². The van der Waals surface area contributed by atoms with E-state index >= 15 is 0 Å². The topological polar surface area (TPSA) is 3.24 Å². The lowest BCUT2D eigenvalue weighted by molar-refractivity contribution is 0.658. The zero-order chi connectivity index (χ0) is 11.7. The minimum atomic E-state index is -0.259. The lowest BCUT2D eigenvalue weighted by Gasteiger charge is -2.27. The lowest BCUT2D eigenvalue weighted by Crippen LogP contribution is -2.43. The first kappa shape index (κ1) is 15.0. The van der Waals surface area contributed by atoms with Crippen molar-refractivity contribution in [3.8, 4) is 11.8 Å². The second-order valence-corrected chi connectivity index (χ2v) is 9.57. The van der Waals surface area contributed by atoms with Gasteiger partial charge in [-0.15, -0.1) is 11.8 Å². The highest BCUT2D eigenvalue weighted by Crippen LogP contribution is 2.00. The minimum Gasteiger partial charge on any atom is -0.347 e. The summed E-state index contributed by atoms with van der Waals surface area (Å²) in [4.78, 5) is 0. The normalized spacial score (nSPS) is 10.9. The summed E-state index contributed by atoms with van der Waals surface area (Å²) in [7, 11) is -0.518. The molecule has 0 saturated heterocycles. The number of rotatable bonds is 6. The van der Waals surface area contributed by atoms with Gasteiger partial charge in [0.15, 0.2) is 0 Å². The van der Waals surface area contributed by atoms with Crippen LogP contribution in [0.5, 0.6) is 0 Å². The molecule has 2 radical (unpaired) electrons. The van der Waals surface area contributed by atoms with Gasteiger partial charge in [0.1, 0.15) is 17.9 Å². The van der Waals surface area contributed by atoms with E-state index < -0.39 is 0 Å². The fourth-order valence-electron chi connectivity index (χ4n) is 1.50. The Hall–Kier alpha value is -0.0462. The lowest BCUT2D eigenvalue weighted by atomic mass is 10.2. The van der Waals surface area contributed by atoms with Crippen LogP contribution in [-0.4, -0.2) is 28.7 Å². The van der Waals surface area contributed by atoms with Gasteiger partial charge in [-0.2, -0.15) is 0 Å². The van der Waals surface area contributed by atoms with Crippen LogP contribution in [0.1, 0.15) is 32.6 Å². The number of hydrogen-bond donors (Lipinski definition) is 0. The molecule has 0 atom stereocenters. The smallest absolute Gasteiger partial charge is 0.122 e. The molecule has 15 heavy (non-hydrogen) atoms. The van der Waals surface area contributed by atoms with Gasteiger partial charge in [-0.25, -0.2) is 0 Å². The van der Waals surface area contributed by atoms with Crippen molar-refractivity contribution in [2.75, 3.05) is 6.54 Å². The third-order valence-corrected chi connectivity index (χ3v) is 7.61. The molecule has 0 fully saturated rings. The molecule has 1 nitrogen and oxygen atoms in total. The van der Waals surface area contributed by atoms with Crippen molar-refractivity contribution >= 4 is 17.9 Å². The minimum absolute atomic E-state index is 0.259. The van der Waals surface area contributed by atoms with Gasteiger partial charge in [-0.3, -0.25) is 0 Å². The molecule has 0 amide bonds. The molecule has 86 valence electrons. The van der Waals surface area contributed by atoms with Crippen molar-refractivity contribution in [2.24, 2.45) is 0 Å². The van der Waals surface area contributed by atoms with Gasteiger partial charge in [0.2, 0.25) is 0 Å². The van der Waals surface area contributed by atoms with Crippen molar-refractivity contribution in [3.05, 3.63) is 0 Å². The second-order valence-electron chi connectivity index (χ2n) is 4.25. The Morgan fingerprint density at radius 3 is 1.93 bits per heavy atom. The van der Waals surface area contributed by atoms with E-state index in [0.717, 1.165) is 12.8 Å². The predicted molar refractivity (Wildman–Crippen MR) is 73.6 cm³/mol. The van der Waals surface area contributed by atoms with Gasteiger partial charge in [0, 0.05) is 12.8 Å². The largest absolute Gasteiger partial charge is 0.347 e. The summed E-state index contributed by atoms with van der Waals surface area (Å²) in [5.74, 6) is 6.57. The summed E-state index contributed by atoms with van der Waals surface area (Å²) in [6, 6.07) is 0. The van der Waals surface area contributed by atoms with Crippen molar-refractivity contribution in [3.63, 3.8) is 0 Å². The molecular weight excluding hydrogens is 214 g/mol. The third kappa shape index (κ3) is 7.83. The van der Waals surface area contributed by atoms with Crippen LogP contribution in [0.3, 0.4) is 0 Å². The van der Waals surface area contributed by atoms with Crippen LogP contribution in [-0.2, 0) is 0 Å². The van der Waals surface area contributed by atoms with Crippen LogP contribution in [0.15, 0.2) is 0 Å². The SMILES string of the molecule is CCCCC#CCCN([Si](C)C)[Si](C)C. The van der Waals surface area contributed by atoms with E-state index in [4.69, 9.17) is 0 Å². The average Bonchev–Trinajstić information content (AvgIpc) is 2.15. The molecule has 0 aromatic heterocycles. The van der Waals surface area contributed by atoms with Crippen LogP contribution in [0.2, 0.25) is 26.2 Å². The maximum atomic E-state index is 3.30. The van der Waals surface area contributed by atoms with E-state index in [2.05, 4.69) is 49.2 Å². The molecule has 0 aliphatic heterocycles. The van der Waals surface area contributed by atoms with Gasteiger partial charge < -0.3 is 4.23 Å². The first-order valence-electron chi connectivity index (χ1n) is 5.93. The predicted octanol–water partition coefficient (Wildman–Crippen LogP) is 3.37. The summed E-state index contributed by atoms with van der Waals surface area (Å²) in [5.41, 5.74) is 0. The highest BCUT2D eigenvalue weighted by molar-refractivity contribution is 6.69. The first-order chi connectivity index (χ1) is 7.09. The van der Waals surface area contributed by atoms with Crippen LogP contribution < -0.4 is 0 Å². The number of hydrogen-bond acceptors (Lipinski definition) is 1. The first-order valence-corrected chi connectivity index (χ1v) is 10.8. The fourth-order valence-corrected chi connectivity index (χ4v) is 6.20. The summed E-state index contributed by atoms with van der Waals surface area (Å²) in [5, 5.41) is 0. The van der Waals surface area contributed by atoms with E-state index in [1.807, 2.05) is 0 Å². The maximum Gasteiger partial charge on any atom is 0.122 e. The summed E-state index contributed by atoms with van der Waals surface area (Å²) < 4.78 is 2.70. The molecule has 0 rings (SSSR count). The van der Waals surface area contributed by atoms with Gasteiger partial charge in [0.25, 0.3) is 0 Å².